The zero-order valence-electron chi connectivity index (χ0n) is 10.4. The van der Waals surface area contributed by atoms with Gasteiger partial charge in [-0.15, -0.1) is 0 Å². The average Bonchev–Trinajstić information content (AvgIpc) is 2.79. The molecule has 0 amide bonds. The van der Waals surface area contributed by atoms with Crippen LogP contribution in [0.4, 0.5) is 14.5 Å². The minimum absolute atomic E-state index is 0.202. The molecule has 0 radical (unpaired) electrons. The third kappa shape index (κ3) is 1.71. The molecule has 19 heavy (non-hydrogen) atoms. The molecule has 2 fully saturated rings. The standard InChI is InChI=1S/C14H15F2NO2/c15-14(16)9-13(14,12(18)19)10-3-5-11(6-4-10)17-7-1-2-8-17/h3-6H,1-2,7-9H2,(H,18,19). The summed E-state index contributed by atoms with van der Waals surface area (Å²) in [5, 5.41) is 9.08. The minimum atomic E-state index is -3.13. The van der Waals surface area contributed by atoms with E-state index in [2.05, 4.69) is 4.90 Å². The normalized spacial score (nSPS) is 28.4. The molecule has 1 heterocycles. The number of nitrogens with zero attached hydrogens (tertiary/aromatic N) is 1. The molecule has 3 nitrogen and oxygen atoms in total. The molecule has 102 valence electrons. The lowest BCUT2D eigenvalue weighted by molar-refractivity contribution is -0.142. The predicted molar refractivity (Wildman–Crippen MR) is 66.8 cm³/mol. The summed E-state index contributed by atoms with van der Waals surface area (Å²) in [5.74, 6) is -4.57. The summed E-state index contributed by atoms with van der Waals surface area (Å²) in [6.45, 7) is 1.94. The van der Waals surface area contributed by atoms with Crippen molar-refractivity contribution in [3.05, 3.63) is 29.8 Å². The molecule has 3 rings (SSSR count). The third-order valence-corrected chi connectivity index (χ3v) is 4.18. The first-order chi connectivity index (χ1) is 8.97. The maximum atomic E-state index is 13.4. The van der Waals surface area contributed by atoms with Crippen LogP contribution in [0, 0.1) is 0 Å². The van der Waals surface area contributed by atoms with Crippen LogP contribution < -0.4 is 4.90 Å². The van der Waals surface area contributed by atoms with E-state index in [0.717, 1.165) is 31.6 Å². The Morgan fingerprint density at radius 1 is 1.16 bits per heavy atom. The van der Waals surface area contributed by atoms with E-state index >= 15 is 0 Å². The van der Waals surface area contributed by atoms with Crippen molar-refractivity contribution in [1.29, 1.82) is 0 Å². The highest BCUT2D eigenvalue weighted by Gasteiger charge is 2.77. The fourth-order valence-corrected chi connectivity index (χ4v) is 2.89. The number of hydrogen-bond acceptors (Lipinski definition) is 2. The zero-order valence-corrected chi connectivity index (χ0v) is 10.4. The predicted octanol–water partition coefficient (Wildman–Crippen LogP) is 2.65. The number of anilines is 1. The molecule has 1 saturated carbocycles. The molecule has 1 atom stereocenters. The van der Waals surface area contributed by atoms with Gasteiger partial charge < -0.3 is 10.0 Å². The maximum absolute atomic E-state index is 13.4. The third-order valence-electron chi connectivity index (χ3n) is 4.18. The van der Waals surface area contributed by atoms with Gasteiger partial charge in [0.2, 0.25) is 0 Å². The van der Waals surface area contributed by atoms with E-state index in [1.54, 1.807) is 12.1 Å². The fraction of sp³-hybridized carbons (Fsp3) is 0.500. The van der Waals surface area contributed by atoms with Crippen molar-refractivity contribution >= 4 is 11.7 Å². The van der Waals surface area contributed by atoms with Crippen LogP contribution in [0.3, 0.4) is 0 Å². The molecule has 1 saturated heterocycles. The highest BCUT2D eigenvalue weighted by atomic mass is 19.3. The second-order valence-corrected chi connectivity index (χ2v) is 5.33. The topological polar surface area (TPSA) is 40.5 Å². The number of halogens is 2. The van der Waals surface area contributed by atoms with Crippen molar-refractivity contribution in [3.8, 4) is 0 Å². The summed E-state index contributed by atoms with van der Waals surface area (Å²) in [4.78, 5) is 13.3. The van der Waals surface area contributed by atoms with Crippen LogP contribution >= 0.6 is 0 Å². The van der Waals surface area contributed by atoms with E-state index in [9.17, 15) is 13.6 Å². The monoisotopic (exact) mass is 267 g/mol. The van der Waals surface area contributed by atoms with E-state index in [0.29, 0.717) is 0 Å². The van der Waals surface area contributed by atoms with E-state index in [1.807, 2.05) is 0 Å². The largest absolute Gasteiger partial charge is 0.480 e. The summed E-state index contributed by atoms with van der Waals surface area (Å²) >= 11 is 0. The van der Waals surface area contributed by atoms with Crippen LogP contribution in [0.1, 0.15) is 24.8 Å². The van der Waals surface area contributed by atoms with Gasteiger partial charge in [0, 0.05) is 25.2 Å². The van der Waals surface area contributed by atoms with E-state index < -0.39 is 23.7 Å². The fourth-order valence-electron chi connectivity index (χ4n) is 2.89. The molecular formula is C14H15F2NO2. The van der Waals surface area contributed by atoms with E-state index in [4.69, 9.17) is 5.11 Å². The Bertz CT molecular complexity index is 509. The Labute approximate surface area is 109 Å². The summed E-state index contributed by atoms with van der Waals surface area (Å²) in [5.41, 5.74) is -0.824. The Morgan fingerprint density at radius 2 is 1.68 bits per heavy atom. The second-order valence-electron chi connectivity index (χ2n) is 5.33. The Balaban J connectivity index is 1.88. The lowest BCUT2D eigenvalue weighted by Gasteiger charge is -2.19. The number of rotatable bonds is 3. The van der Waals surface area contributed by atoms with Gasteiger partial charge in [0.15, 0.2) is 5.41 Å². The zero-order chi connectivity index (χ0) is 13.7. The summed E-state index contributed by atoms with van der Waals surface area (Å²) in [6, 6.07) is 6.56. The number of aliphatic carboxylic acids is 1. The molecule has 1 N–H and O–H groups in total. The van der Waals surface area contributed by atoms with E-state index in [1.165, 1.54) is 12.1 Å². The average molecular weight is 267 g/mol. The Morgan fingerprint density at radius 3 is 2.11 bits per heavy atom. The van der Waals surface area contributed by atoms with Gasteiger partial charge in [-0.1, -0.05) is 12.1 Å². The maximum Gasteiger partial charge on any atom is 0.320 e. The van der Waals surface area contributed by atoms with Crippen LogP contribution in [-0.2, 0) is 10.2 Å². The van der Waals surface area contributed by atoms with Gasteiger partial charge in [-0.25, -0.2) is 8.78 Å². The molecule has 1 aliphatic carbocycles. The van der Waals surface area contributed by atoms with Crippen molar-refractivity contribution in [2.45, 2.75) is 30.6 Å². The summed E-state index contributed by atoms with van der Waals surface area (Å²) < 4.78 is 26.8. The highest BCUT2D eigenvalue weighted by molar-refractivity contribution is 5.87. The van der Waals surface area contributed by atoms with Crippen LogP contribution in [-0.4, -0.2) is 30.1 Å². The molecule has 1 aromatic carbocycles. The molecule has 0 aromatic heterocycles. The number of alkyl halides is 2. The van der Waals surface area contributed by atoms with Crippen LogP contribution in [0.2, 0.25) is 0 Å². The quantitative estimate of drug-likeness (QED) is 0.915. The van der Waals surface area contributed by atoms with Crippen LogP contribution in [0.5, 0.6) is 0 Å². The van der Waals surface area contributed by atoms with Gasteiger partial charge in [-0.05, 0) is 30.5 Å². The molecule has 1 aliphatic heterocycles. The first kappa shape index (κ1) is 12.4. The van der Waals surface area contributed by atoms with E-state index in [-0.39, 0.29) is 5.56 Å². The molecule has 1 aromatic rings. The molecular weight excluding hydrogens is 252 g/mol. The smallest absolute Gasteiger partial charge is 0.320 e. The SMILES string of the molecule is O=C(O)C1(c2ccc(N3CCCC3)cc2)CC1(F)F. The van der Waals surface area contributed by atoms with Crippen LogP contribution in [0.25, 0.3) is 0 Å². The summed E-state index contributed by atoms with van der Waals surface area (Å²) in [7, 11) is 0. The molecule has 1 unspecified atom stereocenters. The van der Waals surface area contributed by atoms with Gasteiger partial charge in [0.25, 0.3) is 5.92 Å². The number of carbonyl (C=O) groups is 1. The minimum Gasteiger partial charge on any atom is -0.480 e. The van der Waals surface area contributed by atoms with Gasteiger partial charge in [-0.3, -0.25) is 4.79 Å². The number of hydrogen-bond donors (Lipinski definition) is 1. The van der Waals surface area contributed by atoms with Crippen molar-refractivity contribution in [2.24, 2.45) is 0 Å². The van der Waals surface area contributed by atoms with Gasteiger partial charge >= 0.3 is 5.97 Å². The van der Waals surface area contributed by atoms with Gasteiger partial charge in [0.1, 0.15) is 0 Å². The molecule has 2 aliphatic rings. The number of benzene rings is 1. The highest BCUT2D eigenvalue weighted by Crippen LogP contribution is 2.61. The molecule has 0 spiro atoms. The van der Waals surface area contributed by atoms with Gasteiger partial charge in [-0.2, -0.15) is 0 Å². The first-order valence-corrected chi connectivity index (χ1v) is 6.44. The Kier molecular flexibility index (Phi) is 2.56. The lowest BCUT2D eigenvalue weighted by Crippen LogP contribution is -2.27. The van der Waals surface area contributed by atoms with Crippen molar-refractivity contribution < 1.29 is 18.7 Å². The molecule has 5 heteroatoms. The first-order valence-electron chi connectivity index (χ1n) is 6.44. The van der Waals surface area contributed by atoms with Crippen molar-refractivity contribution in [2.75, 3.05) is 18.0 Å². The van der Waals surface area contributed by atoms with Gasteiger partial charge in [0.05, 0.1) is 0 Å². The second kappa shape index (κ2) is 3.92. The summed E-state index contributed by atoms with van der Waals surface area (Å²) in [6.07, 6.45) is 1.68. The van der Waals surface area contributed by atoms with Crippen molar-refractivity contribution in [3.63, 3.8) is 0 Å². The van der Waals surface area contributed by atoms with Crippen LogP contribution in [0.15, 0.2) is 24.3 Å². The molecule has 0 bridgehead atoms. The Hall–Kier alpha value is -1.65. The lowest BCUT2D eigenvalue weighted by atomic mass is 9.95. The van der Waals surface area contributed by atoms with Crippen molar-refractivity contribution in [1.82, 2.24) is 0 Å². The number of carboxylic acids is 1. The number of carboxylic acid groups (broad SMARTS) is 1.